The number of halogens is 1. The molecule has 11 heavy (non-hydrogen) atoms. The van der Waals surface area contributed by atoms with Crippen molar-refractivity contribution in [2.45, 2.75) is 0 Å². The van der Waals surface area contributed by atoms with Gasteiger partial charge in [-0.2, -0.15) is 0 Å². The first-order valence-electron chi connectivity index (χ1n) is 2.53. The fourth-order valence-corrected chi connectivity index (χ4v) is 0.459. The standard InChI is InChI=1S/C6H5ClO4/c7-4(2-1-3-8)5(9)6(10)11/h1-3,8H,(H,10,11)/b3-1-,4-2-. The van der Waals surface area contributed by atoms with E-state index in [2.05, 4.69) is 0 Å². The van der Waals surface area contributed by atoms with Crippen LogP contribution in [0.2, 0.25) is 0 Å². The highest BCUT2D eigenvalue weighted by atomic mass is 35.5. The van der Waals surface area contributed by atoms with Crippen LogP contribution in [0.25, 0.3) is 0 Å². The molecule has 4 nitrogen and oxygen atoms in total. The molecule has 0 aliphatic carbocycles. The number of carbonyl (C=O) groups is 2. The van der Waals surface area contributed by atoms with Gasteiger partial charge >= 0.3 is 5.97 Å². The summed E-state index contributed by atoms with van der Waals surface area (Å²) < 4.78 is 0. The Balaban J connectivity index is 4.36. The van der Waals surface area contributed by atoms with E-state index in [1.54, 1.807) is 0 Å². The fourth-order valence-electron chi connectivity index (χ4n) is 0.305. The molecule has 5 heteroatoms. The molecule has 0 spiro atoms. The van der Waals surface area contributed by atoms with Crippen LogP contribution in [0.3, 0.4) is 0 Å². The minimum atomic E-state index is -1.63. The quantitative estimate of drug-likeness (QED) is 0.289. The van der Waals surface area contributed by atoms with Gasteiger partial charge in [0, 0.05) is 0 Å². The van der Waals surface area contributed by atoms with E-state index in [4.69, 9.17) is 21.8 Å². The van der Waals surface area contributed by atoms with Crippen molar-refractivity contribution >= 4 is 23.4 Å². The van der Waals surface area contributed by atoms with Crippen LogP contribution in [0, 0.1) is 0 Å². The zero-order valence-electron chi connectivity index (χ0n) is 5.32. The maximum Gasteiger partial charge on any atom is 0.378 e. The summed E-state index contributed by atoms with van der Waals surface area (Å²) in [5.41, 5.74) is 0. The molecule has 0 aliphatic heterocycles. The minimum Gasteiger partial charge on any atom is -0.516 e. The summed E-state index contributed by atoms with van der Waals surface area (Å²) in [5, 5.41) is 15.7. The Bertz CT molecular complexity index is 229. The van der Waals surface area contributed by atoms with E-state index in [-0.39, 0.29) is 0 Å². The van der Waals surface area contributed by atoms with Crippen LogP contribution in [0.15, 0.2) is 23.4 Å². The summed E-state index contributed by atoms with van der Waals surface area (Å²) in [7, 11) is 0. The SMILES string of the molecule is O=C(O)C(=O)/C(Cl)=C/C=C\O. The highest BCUT2D eigenvalue weighted by Gasteiger charge is 2.14. The van der Waals surface area contributed by atoms with Crippen LogP contribution < -0.4 is 0 Å². The average molecular weight is 177 g/mol. The second-order valence-electron chi connectivity index (χ2n) is 1.49. The maximum atomic E-state index is 10.4. The van der Waals surface area contributed by atoms with E-state index in [9.17, 15) is 9.59 Å². The average Bonchev–Trinajstić information content (AvgIpc) is 1.98. The second kappa shape index (κ2) is 4.51. The monoisotopic (exact) mass is 176 g/mol. The third kappa shape index (κ3) is 3.42. The molecule has 2 N–H and O–H groups in total. The predicted molar refractivity (Wildman–Crippen MR) is 38.3 cm³/mol. The second-order valence-corrected chi connectivity index (χ2v) is 1.90. The van der Waals surface area contributed by atoms with Gasteiger partial charge in [0.2, 0.25) is 0 Å². The summed E-state index contributed by atoms with van der Waals surface area (Å²) in [4.78, 5) is 20.4. The molecule has 0 rings (SSSR count). The molecule has 0 aromatic carbocycles. The van der Waals surface area contributed by atoms with E-state index in [1.807, 2.05) is 0 Å². The Morgan fingerprint density at radius 1 is 1.36 bits per heavy atom. The number of carbonyl (C=O) groups excluding carboxylic acids is 1. The van der Waals surface area contributed by atoms with Gasteiger partial charge in [-0.05, 0) is 12.2 Å². The van der Waals surface area contributed by atoms with Crippen molar-refractivity contribution in [3.8, 4) is 0 Å². The lowest BCUT2D eigenvalue weighted by Crippen LogP contribution is -2.11. The molecular weight excluding hydrogens is 172 g/mol. The van der Waals surface area contributed by atoms with Gasteiger partial charge in [-0.3, -0.25) is 4.79 Å². The van der Waals surface area contributed by atoms with E-state index < -0.39 is 16.8 Å². The van der Waals surface area contributed by atoms with Gasteiger partial charge in [-0.25, -0.2) is 4.79 Å². The van der Waals surface area contributed by atoms with Crippen LogP contribution in [-0.4, -0.2) is 22.0 Å². The van der Waals surface area contributed by atoms with Crippen LogP contribution >= 0.6 is 11.6 Å². The molecule has 0 saturated heterocycles. The molecule has 60 valence electrons. The molecule has 0 unspecified atom stereocenters. The van der Waals surface area contributed by atoms with E-state index >= 15 is 0 Å². The number of ketones is 1. The molecule has 0 amide bonds. The third-order valence-electron chi connectivity index (χ3n) is 0.740. The lowest BCUT2D eigenvalue weighted by molar-refractivity contribution is -0.146. The number of Topliss-reactive ketones (excluding diaryl/α,β-unsaturated/α-hetero) is 1. The normalized spacial score (nSPS) is 11.9. The molecule has 0 radical (unpaired) electrons. The molecular formula is C6H5ClO4. The first kappa shape index (κ1) is 9.71. The number of carboxylic acids is 1. The predicted octanol–water partition coefficient (Wildman–Crippen LogP) is 0.835. The highest BCUT2D eigenvalue weighted by Crippen LogP contribution is 2.02. The van der Waals surface area contributed by atoms with Gasteiger partial charge in [0.25, 0.3) is 5.78 Å². The number of rotatable bonds is 3. The number of aliphatic hydroxyl groups excluding tert-OH is 1. The molecule has 0 aliphatic rings. The summed E-state index contributed by atoms with van der Waals surface area (Å²) in [6, 6.07) is 0. The molecule has 0 saturated carbocycles. The molecule has 0 bridgehead atoms. The minimum absolute atomic E-state index is 0.456. The first-order chi connectivity index (χ1) is 5.09. The molecule has 0 atom stereocenters. The number of aliphatic hydroxyl groups is 1. The van der Waals surface area contributed by atoms with Gasteiger partial charge in [0.05, 0.1) is 11.3 Å². The largest absolute Gasteiger partial charge is 0.516 e. The van der Waals surface area contributed by atoms with Crippen LogP contribution in [-0.2, 0) is 9.59 Å². The summed E-state index contributed by atoms with van der Waals surface area (Å²) in [6.07, 6.45) is 2.67. The molecule has 0 aromatic rings. The number of hydrogen-bond donors (Lipinski definition) is 2. The topological polar surface area (TPSA) is 74.6 Å². The zero-order chi connectivity index (χ0) is 8.85. The Kier molecular flexibility index (Phi) is 3.98. The first-order valence-corrected chi connectivity index (χ1v) is 2.91. The van der Waals surface area contributed by atoms with E-state index in [0.717, 1.165) is 12.2 Å². The highest BCUT2D eigenvalue weighted by molar-refractivity contribution is 6.56. The smallest absolute Gasteiger partial charge is 0.378 e. The Labute approximate surface area is 67.4 Å². The van der Waals surface area contributed by atoms with Gasteiger partial charge in [-0.15, -0.1) is 0 Å². The summed E-state index contributed by atoms with van der Waals surface area (Å²) >= 11 is 5.17. The summed E-state index contributed by atoms with van der Waals surface area (Å²) in [6.45, 7) is 0. The Morgan fingerprint density at radius 2 is 1.91 bits per heavy atom. The van der Waals surface area contributed by atoms with Gasteiger partial charge in [-0.1, -0.05) is 11.6 Å². The van der Waals surface area contributed by atoms with Crippen molar-refractivity contribution in [1.82, 2.24) is 0 Å². The molecule has 0 heterocycles. The Morgan fingerprint density at radius 3 is 2.27 bits per heavy atom. The van der Waals surface area contributed by atoms with Gasteiger partial charge in [0.15, 0.2) is 0 Å². The van der Waals surface area contributed by atoms with E-state index in [1.165, 1.54) is 0 Å². The van der Waals surface area contributed by atoms with E-state index in [0.29, 0.717) is 6.26 Å². The van der Waals surface area contributed by atoms with Crippen molar-refractivity contribution in [2.75, 3.05) is 0 Å². The van der Waals surface area contributed by atoms with Gasteiger partial charge < -0.3 is 10.2 Å². The number of aliphatic carboxylic acids is 1. The Hall–Kier alpha value is -1.29. The summed E-state index contributed by atoms with van der Waals surface area (Å²) in [5.74, 6) is -2.83. The lowest BCUT2D eigenvalue weighted by Gasteiger charge is -1.87. The maximum absolute atomic E-state index is 10.4. The van der Waals surface area contributed by atoms with Crippen LogP contribution in [0.1, 0.15) is 0 Å². The van der Waals surface area contributed by atoms with Crippen molar-refractivity contribution in [2.24, 2.45) is 0 Å². The lowest BCUT2D eigenvalue weighted by atomic mass is 10.3. The molecule has 0 fully saturated rings. The van der Waals surface area contributed by atoms with Crippen molar-refractivity contribution in [3.05, 3.63) is 23.4 Å². The van der Waals surface area contributed by atoms with Crippen molar-refractivity contribution in [3.63, 3.8) is 0 Å². The zero-order valence-corrected chi connectivity index (χ0v) is 6.08. The fraction of sp³-hybridized carbons (Fsp3) is 0. The number of hydrogen-bond acceptors (Lipinski definition) is 3. The third-order valence-corrected chi connectivity index (χ3v) is 1.04. The molecule has 0 aromatic heterocycles. The van der Waals surface area contributed by atoms with Crippen LogP contribution in [0.4, 0.5) is 0 Å². The van der Waals surface area contributed by atoms with Gasteiger partial charge in [0.1, 0.15) is 0 Å². The number of allylic oxidation sites excluding steroid dienone is 2. The number of carboxylic acid groups (broad SMARTS) is 1. The van der Waals surface area contributed by atoms with Crippen LogP contribution in [0.5, 0.6) is 0 Å². The van der Waals surface area contributed by atoms with Crippen molar-refractivity contribution in [1.29, 1.82) is 0 Å². The van der Waals surface area contributed by atoms with Crippen molar-refractivity contribution < 1.29 is 19.8 Å².